The van der Waals surface area contributed by atoms with E-state index < -0.39 is 5.54 Å². The van der Waals surface area contributed by atoms with Gasteiger partial charge in [-0.1, -0.05) is 18.5 Å². The van der Waals surface area contributed by atoms with Crippen molar-refractivity contribution in [1.29, 1.82) is 0 Å². The smallest absolute Gasteiger partial charge is 0.251 e. The van der Waals surface area contributed by atoms with Crippen LogP contribution in [0.5, 0.6) is 0 Å². The first-order valence-electron chi connectivity index (χ1n) is 5.61. The van der Waals surface area contributed by atoms with Gasteiger partial charge in [-0.05, 0) is 44.0 Å². The molecule has 94 valence electrons. The van der Waals surface area contributed by atoms with E-state index in [1.165, 1.54) is 0 Å². The molecule has 1 unspecified atom stereocenters. The Morgan fingerprint density at radius 2 is 2.12 bits per heavy atom. The minimum Gasteiger partial charge on any atom is -0.394 e. The fourth-order valence-corrected chi connectivity index (χ4v) is 1.74. The van der Waals surface area contributed by atoms with Gasteiger partial charge in [-0.15, -0.1) is 0 Å². The summed E-state index contributed by atoms with van der Waals surface area (Å²) < 4.78 is 0. The van der Waals surface area contributed by atoms with Crippen molar-refractivity contribution in [2.75, 3.05) is 6.61 Å². The Balaban J connectivity index is 2.90. The first-order chi connectivity index (χ1) is 7.90. The molecule has 1 aromatic rings. The van der Waals surface area contributed by atoms with Crippen molar-refractivity contribution in [1.82, 2.24) is 5.32 Å². The molecule has 0 aliphatic carbocycles. The summed E-state index contributed by atoms with van der Waals surface area (Å²) in [6, 6.07) is 5.19. The number of hydrogen-bond donors (Lipinski definition) is 2. The summed E-state index contributed by atoms with van der Waals surface area (Å²) >= 11 is 5.90. The maximum atomic E-state index is 12.0. The number of nitrogens with one attached hydrogen (secondary N) is 1. The molecule has 1 atom stereocenters. The minimum absolute atomic E-state index is 0.0885. The van der Waals surface area contributed by atoms with Crippen molar-refractivity contribution in [2.45, 2.75) is 32.7 Å². The number of benzene rings is 1. The molecule has 0 aromatic heterocycles. The predicted octanol–water partition coefficient (Wildman–Crippen LogP) is 2.54. The number of rotatable bonds is 4. The van der Waals surface area contributed by atoms with Crippen LogP contribution in [0.15, 0.2) is 18.2 Å². The molecule has 0 heterocycles. The van der Waals surface area contributed by atoms with Crippen LogP contribution in [-0.2, 0) is 0 Å². The zero-order chi connectivity index (χ0) is 13.1. The van der Waals surface area contributed by atoms with Gasteiger partial charge in [0.2, 0.25) is 0 Å². The Hall–Kier alpha value is -1.06. The Bertz CT molecular complexity index is 394. The number of aliphatic hydroxyl groups is 1. The van der Waals surface area contributed by atoms with E-state index in [0.717, 1.165) is 5.56 Å². The second kappa shape index (κ2) is 5.52. The summed E-state index contributed by atoms with van der Waals surface area (Å²) in [7, 11) is 0. The highest BCUT2D eigenvalue weighted by molar-refractivity contribution is 6.31. The second-order valence-electron chi connectivity index (χ2n) is 4.54. The summed E-state index contributed by atoms with van der Waals surface area (Å²) in [4.78, 5) is 12.0. The van der Waals surface area contributed by atoms with Gasteiger partial charge in [-0.2, -0.15) is 0 Å². The molecule has 0 saturated heterocycles. The Morgan fingerprint density at radius 3 is 2.59 bits per heavy atom. The number of carbonyl (C=O) groups is 1. The van der Waals surface area contributed by atoms with E-state index >= 15 is 0 Å². The zero-order valence-corrected chi connectivity index (χ0v) is 11.1. The topological polar surface area (TPSA) is 49.3 Å². The van der Waals surface area contributed by atoms with Gasteiger partial charge >= 0.3 is 0 Å². The number of amides is 1. The largest absolute Gasteiger partial charge is 0.394 e. The van der Waals surface area contributed by atoms with E-state index in [1.807, 2.05) is 20.8 Å². The van der Waals surface area contributed by atoms with Crippen LogP contribution in [0, 0.1) is 6.92 Å². The van der Waals surface area contributed by atoms with Gasteiger partial charge in [-0.25, -0.2) is 0 Å². The first kappa shape index (κ1) is 14.0. The molecule has 0 aliphatic rings. The summed E-state index contributed by atoms with van der Waals surface area (Å²) in [5.41, 5.74) is 0.862. The monoisotopic (exact) mass is 255 g/mol. The molecule has 0 bridgehead atoms. The van der Waals surface area contributed by atoms with Crippen LogP contribution in [0.4, 0.5) is 0 Å². The molecular formula is C13H18ClNO2. The van der Waals surface area contributed by atoms with Crippen molar-refractivity contribution < 1.29 is 9.90 Å². The molecular weight excluding hydrogens is 238 g/mol. The maximum Gasteiger partial charge on any atom is 0.251 e. The molecule has 1 rings (SSSR count). The lowest BCUT2D eigenvalue weighted by molar-refractivity contribution is 0.0847. The van der Waals surface area contributed by atoms with E-state index in [1.54, 1.807) is 18.2 Å². The van der Waals surface area contributed by atoms with Crippen molar-refractivity contribution in [2.24, 2.45) is 0 Å². The van der Waals surface area contributed by atoms with Gasteiger partial charge in [-0.3, -0.25) is 4.79 Å². The highest BCUT2D eigenvalue weighted by Gasteiger charge is 2.23. The first-order valence-corrected chi connectivity index (χ1v) is 5.98. The average Bonchev–Trinajstić information content (AvgIpc) is 2.27. The fraction of sp³-hybridized carbons (Fsp3) is 0.462. The Morgan fingerprint density at radius 1 is 1.47 bits per heavy atom. The Kier molecular flexibility index (Phi) is 4.54. The molecule has 0 spiro atoms. The van der Waals surface area contributed by atoms with Crippen LogP contribution in [0.3, 0.4) is 0 Å². The molecule has 0 radical (unpaired) electrons. The maximum absolute atomic E-state index is 12.0. The average molecular weight is 256 g/mol. The molecule has 17 heavy (non-hydrogen) atoms. The van der Waals surface area contributed by atoms with Gasteiger partial charge in [0.05, 0.1) is 12.1 Å². The molecule has 0 aliphatic heterocycles. The summed E-state index contributed by atoms with van der Waals surface area (Å²) in [6.07, 6.45) is 0.661. The SMILES string of the molecule is CCC(C)(CO)NC(=O)c1cc(C)cc(Cl)c1. The van der Waals surface area contributed by atoms with Gasteiger partial charge in [0.15, 0.2) is 0 Å². The molecule has 2 N–H and O–H groups in total. The van der Waals surface area contributed by atoms with Gasteiger partial charge in [0.1, 0.15) is 0 Å². The number of aryl methyl sites for hydroxylation is 1. The normalized spacial score (nSPS) is 14.2. The van der Waals surface area contributed by atoms with Crippen LogP contribution < -0.4 is 5.32 Å². The fourth-order valence-electron chi connectivity index (χ4n) is 1.45. The molecule has 4 heteroatoms. The van der Waals surface area contributed by atoms with Gasteiger partial charge in [0, 0.05) is 10.6 Å². The standard InChI is InChI=1S/C13H18ClNO2/c1-4-13(3,8-16)15-12(17)10-5-9(2)6-11(14)7-10/h5-7,16H,4,8H2,1-3H3,(H,15,17). The number of aliphatic hydroxyl groups excluding tert-OH is 1. The molecule has 0 saturated carbocycles. The van der Waals surface area contributed by atoms with Crippen LogP contribution in [0.2, 0.25) is 5.02 Å². The highest BCUT2D eigenvalue weighted by Crippen LogP contribution is 2.16. The third-order valence-corrected chi connectivity index (χ3v) is 3.07. The van der Waals surface area contributed by atoms with Crippen molar-refractivity contribution in [3.63, 3.8) is 0 Å². The molecule has 1 amide bonds. The third-order valence-electron chi connectivity index (χ3n) is 2.85. The van der Waals surface area contributed by atoms with Crippen molar-refractivity contribution in [3.8, 4) is 0 Å². The van der Waals surface area contributed by atoms with Crippen molar-refractivity contribution in [3.05, 3.63) is 34.3 Å². The number of carbonyl (C=O) groups excluding carboxylic acids is 1. The number of hydrogen-bond acceptors (Lipinski definition) is 2. The summed E-state index contributed by atoms with van der Waals surface area (Å²) in [5, 5.41) is 12.6. The molecule has 1 aromatic carbocycles. The van der Waals surface area contributed by atoms with E-state index in [0.29, 0.717) is 17.0 Å². The zero-order valence-electron chi connectivity index (χ0n) is 10.4. The van der Waals surface area contributed by atoms with Crippen LogP contribution in [0.1, 0.15) is 36.2 Å². The lowest BCUT2D eigenvalue weighted by Crippen LogP contribution is -2.48. The summed E-state index contributed by atoms with van der Waals surface area (Å²) in [5.74, 6) is -0.214. The molecule has 3 nitrogen and oxygen atoms in total. The highest BCUT2D eigenvalue weighted by atomic mass is 35.5. The van der Waals surface area contributed by atoms with Crippen molar-refractivity contribution >= 4 is 17.5 Å². The number of halogens is 1. The third kappa shape index (κ3) is 3.72. The van der Waals surface area contributed by atoms with E-state index in [4.69, 9.17) is 11.6 Å². The second-order valence-corrected chi connectivity index (χ2v) is 4.98. The lowest BCUT2D eigenvalue weighted by atomic mass is 9.99. The van der Waals surface area contributed by atoms with Crippen LogP contribution in [-0.4, -0.2) is 23.2 Å². The Labute approximate surface area is 107 Å². The van der Waals surface area contributed by atoms with Gasteiger partial charge < -0.3 is 10.4 Å². The van der Waals surface area contributed by atoms with Gasteiger partial charge in [0.25, 0.3) is 5.91 Å². The summed E-state index contributed by atoms with van der Waals surface area (Å²) in [6.45, 7) is 5.52. The quantitative estimate of drug-likeness (QED) is 0.869. The van der Waals surface area contributed by atoms with Crippen LogP contribution in [0.25, 0.3) is 0 Å². The predicted molar refractivity (Wildman–Crippen MR) is 69.4 cm³/mol. The van der Waals surface area contributed by atoms with Crippen LogP contribution >= 0.6 is 11.6 Å². The van der Waals surface area contributed by atoms with E-state index in [2.05, 4.69) is 5.32 Å². The lowest BCUT2D eigenvalue weighted by Gasteiger charge is -2.27. The van der Waals surface area contributed by atoms with E-state index in [9.17, 15) is 9.90 Å². The van der Waals surface area contributed by atoms with E-state index in [-0.39, 0.29) is 12.5 Å². The minimum atomic E-state index is -0.590. The molecule has 0 fully saturated rings.